The van der Waals surface area contributed by atoms with E-state index in [2.05, 4.69) is 19.2 Å². The van der Waals surface area contributed by atoms with Crippen molar-refractivity contribution < 1.29 is 23.8 Å². The van der Waals surface area contributed by atoms with Crippen molar-refractivity contribution in [3.63, 3.8) is 0 Å². The van der Waals surface area contributed by atoms with Gasteiger partial charge in [0.05, 0.1) is 12.6 Å². The number of rotatable bonds is 15. The Morgan fingerprint density at radius 2 is 1.63 bits per heavy atom. The highest BCUT2D eigenvalue weighted by atomic mass is 16.7. The van der Waals surface area contributed by atoms with E-state index in [0.717, 1.165) is 19.3 Å². The van der Waals surface area contributed by atoms with E-state index in [4.69, 9.17) is 19.9 Å². The summed E-state index contributed by atoms with van der Waals surface area (Å²) in [6.07, 6.45) is 2.04. The molecule has 0 rings (SSSR count). The second kappa shape index (κ2) is 15.4. The Labute approximate surface area is 183 Å². The third-order valence-electron chi connectivity index (χ3n) is 4.29. The Morgan fingerprint density at radius 3 is 2.13 bits per heavy atom. The molecule has 0 bridgehead atoms. The molecule has 2 amide bonds. The Morgan fingerprint density at radius 1 is 1.03 bits per heavy atom. The molecule has 0 aliphatic carbocycles. The minimum absolute atomic E-state index is 0.0832. The van der Waals surface area contributed by atoms with Gasteiger partial charge in [-0.05, 0) is 66.2 Å². The summed E-state index contributed by atoms with van der Waals surface area (Å²) < 4.78 is 16.4. The van der Waals surface area contributed by atoms with E-state index in [9.17, 15) is 9.59 Å². The fraction of sp³-hybridized carbons (Fsp3) is 0.909. The summed E-state index contributed by atoms with van der Waals surface area (Å²) in [4.78, 5) is 26.3. The summed E-state index contributed by atoms with van der Waals surface area (Å²) in [5.41, 5.74) is 5.67. The van der Waals surface area contributed by atoms with Gasteiger partial charge in [-0.25, -0.2) is 4.79 Å². The van der Waals surface area contributed by atoms with Crippen LogP contribution in [0.4, 0.5) is 4.79 Å². The van der Waals surface area contributed by atoms with Crippen LogP contribution in [0.5, 0.6) is 0 Å². The molecule has 0 spiro atoms. The zero-order valence-corrected chi connectivity index (χ0v) is 20.2. The highest BCUT2D eigenvalue weighted by Gasteiger charge is 2.24. The van der Waals surface area contributed by atoms with Gasteiger partial charge < -0.3 is 30.2 Å². The third kappa shape index (κ3) is 14.6. The maximum Gasteiger partial charge on any atom is 0.407 e. The molecule has 0 aliphatic rings. The predicted molar refractivity (Wildman–Crippen MR) is 119 cm³/mol. The summed E-state index contributed by atoms with van der Waals surface area (Å²) in [5, 5.41) is 2.72. The minimum atomic E-state index is -0.581. The van der Waals surface area contributed by atoms with Crippen molar-refractivity contribution in [1.82, 2.24) is 10.2 Å². The molecule has 178 valence electrons. The first-order valence-corrected chi connectivity index (χ1v) is 11.2. The number of nitrogens with zero attached hydrogens (tertiary/aromatic N) is 1. The molecule has 0 aromatic rings. The average molecular weight is 432 g/mol. The normalized spacial score (nSPS) is 12.9. The molecule has 0 fully saturated rings. The van der Waals surface area contributed by atoms with Gasteiger partial charge in [0.25, 0.3) is 0 Å². The predicted octanol–water partition coefficient (Wildman–Crippen LogP) is 3.28. The van der Waals surface area contributed by atoms with E-state index in [1.807, 2.05) is 34.6 Å². The van der Waals surface area contributed by atoms with E-state index < -0.39 is 24.0 Å². The number of nitrogens with one attached hydrogen (secondary N) is 1. The van der Waals surface area contributed by atoms with Crippen LogP contribution in [0.1, 0.15) is 74.1 Å². The molecular formula is C22H45N3O5. The number of carbonyl (C=O) groups is 2. The van der Waals surface area contributed by atoms with Crippen molar-refractivity contribution in [1.29, 1.82) is 0 Å². The molecule has 8 nitrogen and oxygen atoms in total. The number of alkyl carbamates (subject to hydrolysis) is 1. The lowest BCUT2D eigenvalue weighted by molar-refractivity contribution is -0.159. The maximum absolute atomic E-state index is 12.9. The zero-order chi connectivity index (χ0) is 23.2. The Balaban J connectivity index is 4.54. The van der Waals surface area contributed by atoms with Crippen molar-refractivity contribution in [2.24, 2.45) is 11.7 Å². The van der Waals surface area contributed by atoms with Crippen molar-refractivity contribution in [3.05, 3.63) is 0 Å². The van der Waals surface area contributed by atoms with E-state index >= 15 is 0 Å². The molecule has 0 radical (unpaired) electrons. The maximum atomic E-state index is 12.9. The largest absolute Gasteiger partial charge is 0.444 e. The Kier molecular flexibility index (Phi) is 14.7. The number of hydrogen-bond donors (Lipinski definition) is 2. The number of nitrogens with two attached hydrogens (primary N) is 1. The van der Waals surface area contributed by atoms with Gasteiger partial charge in [0.2, 0.25) is 5.91 Å². The van der Waals surface area contributed by atoms with E-state index in [1.165, 1.54) is 0 Å². The number of carbonyl (C=O) groups excluding carboxylic acids is 2. The summed E-state index contributed by atoms with van der Waals surface area (Å²) >= 11 is 0. The first kappa shape index (κ1) is 28.6. The molecule has 1 unspecified atom stereocenters. The zero-order valence-electron chi connectivity index (χ0n) is 20.2. The van der Waals surface area contributed by atoms with Crippen LogP contribution in [0.2, 0.25) is 0 Å². The average Bonchev–Trinajstić information content (AvgIpc) is 2.62. The van der Waals surface area contributed by atoms with Crippen LogP contribution in [-0.4, -0.2) is 67.7 Å². The molecule has 8 heteroatoms. The van der Waals surface area contributed by atoms with Crippen molar-refractivity contribution in [3.8, 4) is 0 Å². The standard InChI is InChI=1S/C22H45N3O5/c1-8-28-19(29-9-2)16-25(15-13-17(3)4)20(26)18(23)12-10-11-14-24-21(27)30-22(5,6)7/h17-19H,8-16,23H2,1-7H3,(H,24,27). The number of unbranched alkanes of at least 4 members (excludes halogenated alkanes) is 1. The van der Waals surface area contributed by atoms with Crippen LogP contribution >= 0.6 is 0 Å². The van der Waals surface area contributed by atoms with Gasteiger partial charge in [-0.3, -0.25) is 4.79 Å². The second-order valence-electron chi connectivity index (χ2n) is 8.84. The van der Waals surface area contributed by atoms with Crippen molar-refractivity contribution in [2.45, 2.75) is 92.1 Å². The number of ether oxygens (including phenoxy) is 3. The molecule has 0 saturated heterocycles. The van der Waals surface area contributed by atoms with Crippen molar-refractivity contribution in [2.75, 3.05) is 32.8 Å². The monoisotopic (exact) mass is 431 g/mol. The van der Waals surface area contributed by atoms with Crippen LogP contribution in [0, 0.1) is 5.92 Å². The van der Waals surface area contributed by atoms with E-state index in [0.29, 0.717) is 45.2 Å². The first-order chi connectivity index (χ1) is 14.0. The van der Waals surface area contributed by atoms with Gasteiger partial charge in [-0.1, -0.05) is 13.8 Å². The fourth-order valence-electron chi connectivity index (χ4n) is 2.76. The van der Waals surface area contributed by atoms with Gasteiger partial charge in [0.1, 0.15) is 5.60 Å². The summed E-state index contributed by atoms with van der Waals surface area (Å²) in [6, 6.07) is -0.581. The van der Waals surface area contributed by atoms with Gasteiger partial charge in [0, 0.05) is 26.3 Å². The molecule has 0 aromatic heterocycles. The molecule has 3 N–H and O–H groups in total. The highest BCUT2D eigenvalue weighted by Crippen LogP contribution is 2.10. The molecule has 30 heavy (non-hydrogen) atoms. The number of hydrogen-bond acceptors (Lipinski definition) is 6. The minimum Gasteiger partial charge on any atom is -0.444 e. The lowest BCUT2D eigenvalue weighted by Gasteiger charge is -2.30. The van der Waals surface area contributed by atoms with E-state index in [-0.39, 0.29) is 5.91 Å². The van der Waals surface area contributed by atoms with Gasteiger partial charge >= 0.3 is 6.09 Å². The smallest absolute Gasteiger partial charge is 0.407 e. The molecular weight excluding hydrogens is 386 g/mol. The summed E-state index contributed by atoms with van der Waals surface area (Å²) in [5.74, 6) is 0.397. The third-order valence-corrected chi connectivity index (χ3v) is 4.29. The van der Waals surface area contributed by atoms with Gasteiger partial charge in [0.15, 0.2) is 6.29 Å². The summed E-state index contributed by atoms with van der Waals surface area (Å²) in [6.45, 7) is 16.1. The molecule has 0 heterocycles. The Hall–Kier alpha value is -1.38. The highest BCUT2D eigenvalue weighted by molar-refractivity contribution is 5.81. The SMILES string of the molecule is CCOC(CN(CCC(C)C)C(=O)C(N)CCCCNC(=O)OC(C)(C)C)OCC. The van der Waals surface area contributed by atoms with Crippen LogP contribution in [0.25, 0.3) is 0 Å². The topological polar surface area (TPSA) is 103 Å². The number of amides is 2. The van der Waals surface area contributed by atoms with Crippen LogP contribution in [0.3, 0.4) is 0 Å². The lowest BCUT2D eigenvalue weighted by Crippen LogP contribution is -2.48. The molecule has 0 aromatic carbocycles. The van der Waals surface area contributed by atoms with Crippen LogP contribution in [-0.2, 0) is 19.0 Å². The van der Waals surface area contributed by atoms with Crippen molar-refractivity contribution >= 4 is 12.0 Å². The Bertz CT molecular complexity index is 474. The van der Waals surface area contributed by atoms with E-state index in [1.54, 1.807) is 4.90 Å². The molecule has 1 atom stereocenters. The lowest BCUT2D eigenvalue weighted by atomic mass is 10.1. The summed E-state index contributed by atoms with van der Waals surface area (Å²) in [7, 11) is 0. The molecule has 0 aliphatic heterocycles. The van der Waals surface area contributed by atoms with Crippen LogP contribution < -0.4 is 11.1 Å². The van der Waals surface area contributed by atoms with Gasteiger partial charge in [-0.15, -0.1) is 0 Å². The van der Waals surface area contributed by atoms with Crippen LogP contribution in [0.15, 0.2) is 0 Å². The van der Waals surface area contributed by atoms with Gasteiger partial charge in [-0.2, -0.15) is 0 Å². The quantitative estimate of drug-likeness (QED) is 0.305. The first-order valence-electron chi connectivity index (χ1n) is 11.2. The second-order valence-corrected chi connectivity index (χ2v) is 8.84. The molecule has 0 saturated carbocycles. The fourth-order valence-corrected chi connectivity index (χ4v) is 2.76.